The summed E-state index contributed by atoms with van der Waals surface area (Å²) in [7, 11) is 0. The van der Waals surface area contributed by atoms with E-state index in [1.807, 2.05) is 19.9 Å². The van der Waals surface area contributed by atoms with Gasteiger partial charge in [0.15, 0.2) is 11.7 Å². The first-order valence-corrected chi connectivity index (χ1v) is 6.91. The molecule has 0 saturated carbocycles. The van der Waals surface area contributed by atoms with E-state index in [0.717, 1.165) is 44.0 Å². The zero-order valence-corrected chi connectivity index (χ0v) is 12.0. The van der Waals surface area contributed by atoms with E-state index >= 15 is 0 Å². The lowest BCUT2D eigenvalue weighted by Gasteiger charge is -2.38. The van der Waals surface area contributed by atoms with Crippen molar-refractivity contribution < 1.29 is 5.21 Å². The minimum absolute atomic E-state index is 0.00532. The number of amidine groups is 1. The van der Waals surface area contributed by atoms with Crippen LogP contribution in [0.3, 0.4) is 0 Å². The van der Waals surface area contributed by atoms with Gasteiger partial charge in [0.25, 0.3) is 0 Å². The Morgan fingerprint density at radius 1 is 1.45 bits per heavy atom. The summed E-state index contributed by atoms with van der Waals surface area (Å²) in [5.74, 6) is 1.21. The first-order valence-electron chi connectivity index (χ1n) is 6.91. The van der Waals surface area contributed by atoms with Gasteiger partial charge in [0.1, 0.15) is 0 Å². The number of hydrogen-bond acceptors (Lipinski definition) is 6. The molecule has 1 aliphatic heterocycles. The molecule has 1 fully saturated rings. The van der Waals surface area contributed by atoms with E-state index in [2.05, 4.69) is 25.2 Å². The molecule has 1 aromatic heterocycles. The summed E-state index contributed by atoms with van der Waals surface area (Å²) >= 11 is 0. The van der Waals surface area contributed by atoms with Gasteiger partial charge in [-0.3, -0.25) is 4.90 Å². The van der Waals surface area contributed by atoms with Crippen LogP contribution in [0.25, 0.3) is 0 Å². The van der Waals surface area contributed by atoms with Crippen LogP contribution in [-0.2, 0) is 0 Å². The molecule has 7 nitrogen and oxygen atoms in total. The normalized spacial score (nSPS) is 19.1. The van der Waals surface area contributed by atoms with Crippen LogP contribution in [0.15, 0.2) is 17.4 Å². The SMILES string of the molecule is CCC(/C(N)=N/O)N1CCN(c2cc(C)cnn2)CC1. The molecule has 0 bridgehead atoms. The summed E-state index contributed by atoms with van der Waals surface area (Å²) < 4.78 is 0. The molecule has 3 N–H and O–H groups in total. The van der Waals surface area contributed by atoms with Crippen molar-refractivity contribution in [2.45, 2.75) is 26.3 Å². The van der Waals surface area contributed by atoms with Crippen LogP contribution in [-0.4, -0.2) is 58.4 Å². The lowest BCUT2D eigenvalue weighted by atomic mass is 10.1. The molecule has 110 valence electrons. The maximum absolute atomic E-state index is 8.84. The Morgan fingerprint density at radius 3 is 2.70 bits per heavy atom. The Labute approximate surface area is 119 Å². The molecular weight excluding hydrogens is 256 g/mol. The molecule has 1 atom stereocenters. The van der Waals surface area contributed by atoms with E-state index in [-0.39, 0.29) is 11.9 Å². The fraction of sp³-hybridized carbons (Fsp3) is 0.615. The van der Waals surface area contributed by atoms with Crippen LogP contribution in [0, 0.1) is 6.92 Å². The van der Waals surface area contributed by atoms with Crippen molar-refractivity contribution in [2.24, 2.45) is 10.9 Å². The second kappa shape index (κ2) is 6.51. The molecule has 0 radical (unpaired) electrons. The highest BCUT2D eigenvalue weighted by molar-refractivity contribution is 5.85. The predicted molar refractivity (Wildman–Crippen MR) is 78.0 cm³/mol. The molecule has 7 heteroatoms. The van der Waals surface area contributed by atoms with E-state index in [1.165, 1.54) is 0 Å². The standard InChI is InChI=1S/C13H22N6O/c1-3-11(13(14)17-20)18-4-6-19(7-5-18)12-8-10(2)9-15-16-12/h8-9,11,20H,3-7H2,1-2H3,(H2,14,17). The van der Waals surface area contributed by atoms with E-state index < -0.39 is 0 Å². The second-order valence-corrected chi connectivity index (χ2v) is 5.06. The Kier molecular flexibility index (Phi) is 4.73. The fourth-order valence-electron chi connectivity index (χ4n) is 2.59. The molecule has 20 heavy (non-hydrogen) atoms. The third-order valence-corrected chi connectivity index (χ3v) is 3.70. The number of aromatic nitrogens is 2. The monoisotopic (exact) mass is 278 g/mol. The molecule has 0 aliphatic carbocycles. The lowest BCUT2D eigenvalue weighted by Crippen LogP contribution is -2.54. The van der Waals surface area contributed by atoms with Gasteiger partial charge >= 0.3 is 0 Å². The molecule has 1 saturated heterocycles. The smallest absolute Gasteiger partial charge is 0.156 e. The van der Waals surface area contributed by atoms with Crippen LogP contribution in [0.4, 0.5) is 5.82 Å². The van der Waals surface area contributed by atoms with Gasteiger partial charge in [-0.25, -0.2) is 0 Å². The summed E-state index contributed by atoms with van der Waals surface area (Å²) in [6, 6.07) is 2.05. The van der Waals surface area contributed by atoms with Crippen LogP contribution < -0.4 is 10.6 Å². The number of rotatable bonds is 4. The van der Waals surface area contributed by atoms with E-state index in [1.54, 1.807) is 6.20 Å². The first-order chi connectivity index (χ1) is 9.65. The fourth-order valence-corrected chi connectivity index (χ4v) is 2.59. The molecule has 1 unspecified atom stereocenters. The molecule has 0 amide bonds. The Balaban J connectivity index is 1.98. The van der Waals surface area contributed by atoms with Gasteiger partial charge in [0.05, 0.1) is 12.2 Å². The lowest BCUT2D eigenvalue weighted by molar-refractivity contribution is 0.215. The number of anilines is 1. The Bertz CT molecular complexity index is 470. The van der Waals surface area contributed by atoms with Gasteiger partial charge in [-0.05, 0) is 25.0 Å². The first kappa shape index (κ1) is 14.5. The number of aryl methyl sites for hydroxylation is 1. The van der Waals surface area contributed by atoms with Crippen molar-refractivity contribution >= 4 is 11.7 Å². The van der Waals surface area contributed by atoms with Gasteiger partial charge in [-0.1, -0.05) is 12.1 Å². The summed E-state index contributed by atoms with van der Waals surface area (Å²) in [5, 5.41) is 20.1. The van der Waals surface area contributed by atoms with E-state index in [0.29, 0.717) is 0 Å². The Hall–Kier alpha value is -1.89. The topological polar surface area (TPSA) is 90.9 Å². The number of piperazine rings is 1. The van der Waals surface area contributed by atoms with Gasteiger partial charge in [0, 0.05) is 26.2 Å². The molecule has 1 aliphatic rings. The summed E-state index contributed by atoms with van der Waals surface area (Å²) in [6.07, 6.45) is 2.59. The van der Waals surface area contributed by atoms with Crippen molar-refractivity contribution in [1.82, 2.24) is 15.1 Å². The number of oxime groups is 1. The number of nitrogens with two attached hydrogens (primary N) is 1. The van der Waals surface area contributed by atoms with E-state index in [9.17, 15) is 0 Å². The van der Waals surface area contributed by atoms with Crippen molar-refractivity contribution in [2.75, 3.05) is 31.1 Å². The van der Waals surface area contributed by atoms with Gasteiger partial charge in [0.2, 0.25) is 0 Å². The highest BCUT2D eigenvalue weighted by Gasteiger charge is 2.26. The number of nitrogens with zero attached hydrogens (tertiary/aromatic N) is 5. The minimum Gasteiger partial charge on any atom is -0.409 e. The van der Waals surface area contributed by atoms with Crippen molar-refractivity contribution in [1.29, 1.82) is 0 Å². The molecule has 0 spiro atoms. The maximum atomic E-state index is 8.84. The van der Waals surface area contributed by atoms with Crippen molar-refractivity contribution in [3.05, 3.63) is 17.8 Å². The number of hydrogen-bond donors (Lipinski definition) is 2. The maximum Gasteiger partial charge on any atom is 0.156 e. The highest BCUT2D eigenvalue weighted by atomic mass is 16.4. The Morgan fingerprint density at radius 2 is 2.15 bits per heavy atom. The quantitative estimate of drug-likeness (QED) is 0.359. The van der Waals surface area contributed by atoms with Crippen LogP contribution in [0.1, 0.15) is 18.9 Å². The average molecular weight is 278 g/mol. The third kappa shape index (κ3) is 3.16. The zero-order chi connectivity index (χ0) is 14.5. The van der Waals surface area contributed by atoms with Crippen molar-refractivity contribution in [3.8, 4) is 0 Å². The van der Waals surface area contributed by atoms with Crippen LogP contribution in [0.2, 0.25) is 0 Å². The zero-order valence-electron chi connectivity index (χ0n) is 12.0. The molecule has 2 rings (SSSR count). The minimum atomic E-state index is 0.00532. The molecular formula is C13H22N6O. The second-order valence-electron chi connectivity index (χ2n) is 5.06. The summed E-state index contributed by atoms with van der Waals surface area (Å²) in [5.41, 5.74) is 6.86. The summed E-state index contributed by atoms with van der Waals surface area (Å²) in [6.45, 7) is 7.52. The van der Waals surface area contributed by atoms with Gasteiger partial charge in [-0.15, -0.1) is 5.10 Å². The largest absolute Gasteiger partial charge is 0.409 e. The summed E-state index contributed by atoms with van der Waals surface area (Å²) in [4.78, 5) is 4.46. The van der Waals surface area contributed by atoms with Crippen molar-refractivity contribution in [3.63, 3.8) is 0 Å². The van der Waals surface area contributed by atoms with E-state index in [4.69, 9.17) is 10.9 Å². The van der Waals surface area contributed by atoms with Gasteiger partial charge < -0.3 is 15.8 Å². The molecule has 2 heterocycles. The van der Waals surface area contributed by atoms with Gasteiger partial charge in [-0.2, -0.15) is 5.10 Å². The highest BCUT2D eigenvalue weighted by Crippen LogP contribution is 2.16. The van der Waals surface area contributed by atoms with Crippen LogP contribution >= 0.6 is 0 Å². The molecule has 1 aromatic rings. The third-order valence-electron chi connectivity index (χ3n) is 3.70. The average Bonchev–Trinajstić information content (AvgIpc) is 2.48. The molecule has 0 aromatic carbocycles. The van der Waals surface area contributed by atoms with Crippen LogP contribution in [0.5, 0.6) is 0 Å². The predicted octanol–water partition coefficient (Wildman–Crippen LogP) is 0.432.